The lowest BCUT2D eigenvalue weighted by Gasteiger charge is -2.61. The number of nitrogens with zero attached hydrogens (tertiary/aromatic N) is 8. The van der Waals surface area contributed by atoms with Gasteiger partial charge in [0.05, 0.1) is 0 Å². The van der Waals surface area contributed by atoms with E-state index in [4.69, 9.17) is 19.9 Å². The van der Waals surface area contributed by atoms with Crippen molar-refractivity contribution in [3.05, 3.63) is 144 Å². The first kappa shape index (κ1) is 27.0. The molecule has 1 aliphatic carbocycles. The van der Waals surface area contributed by atoms with E-state index in [1.807, 2.05) is 18.2 Å². The molecule has 6 aromatic rings. The Morgan fingerprint density at radius 3 is 1.78 bits per heavy atom. The summed E-state index contributed by atoms with van der Waals surface area (Å²) in [6.45, 7) is 0. The van der Waals surface area contributed by atoms with E-state index in [0.29, 0.717) is 18.1 Å². The fourth-order valence-electron chi connectivity index (χ4n) is 10.6. The van der Waals surface area contributed by atoms with E-state index >= 15 is 4.39 Å². The maximum absolute atomic E-state index is 16.0. The Morgan fingerprint density at radius 1 is 0.540 bits per heavy atom. The van der Waals surface area contributed by atoms with Crippen molar-refractivity contribution in [3.63, 3.8) is 0 Å². The molecule has 4 unspecified atom stereocenters. The van der Waals surface area contributed by atoms with Gasteiger partial charge in [0.2, 0.25) is 0 Å². The third-order valence-electron chi connectivity index (χ3n) is 12.3. The summed E-state index contributed by atoms with van der Waals surface area (Å²) in [5.41, 5.74) is 7.27. The van der Waals surface area contributed by atoms with Crippen LogP contribution in [0.2, 0.25) is 0 Å². The number of anilines is 8. The number of rotatable bonds is 1. The van der Waals surface area contributed by atoms with Gasteiger partial charge in [-0.15, -0.1) is 0 Å². The molecule has 10 heteroatoms. The molecule has 2 aromatic heterocycles. The predicted molar refractivity (Wildman–Crippen MR) is 186 cm³/mol. The van der Waals surface area contributed by atoms with Crippen LogP contribution in [-0.4, -0.2) is 32.3 Å². The molecular weight excluding hydrogens is 630 g/mol. The van der Waals surface area contributed by atoms with Crippen molar-refractivity contribution in [2.75, 3.05) is 19.6 Å². The topological polar surface area (TPSA) is 64.5 Å². The van der Waals surface area contributed by atoms with Gasteiger partial charge in [-0.25, -0.2) is 28.7 Å². The molecule has 0 radical (unpaired) electrons. The first-order valence-corrected chi connectivity index (χ1v) is 17.1. The van der Waals surface area contributed by atoms with Gasteiger partial charge >= 0.3 is 0 Å². The van der Waals surface area contributed by atoms with E-state index in [9.17, 15) is 4.39 Å². The lowest BCUT2D eigenvalue weighted by molar-refractivity contribution is 0.0535. The summed E-state index contributed by atoms with van der Waals surface area (Å²) >= 11 is 0. The summed E-state index contributed by atoms with van der Waals surface area (Å²) in [5, 5.41) is 0. The summed E-state index contributed by atoms with van der Waals surface area (Å²) in [6, 6.07) is 27.7. The minimum atomic E-state index is -0.724. The highest BCUT2D eigenvalue weighted by Gasteiger charge is 2.73. The van der Waals surface area contributed by atoms with Gasteiger partial charge in [-0.2, -0.15) is 0 Å². The van der Waals surface area contributed by atoms with Gasteiger partial charge in [0.1, 0.15) is 24.0 Å². The van der Waals surface area contributed by atoms with E-state index < -0.39 is 17.0 Å². The maximum atomic E-state index is 16.0. The van der Waals surface area contributed by atoms with Crippen LogP contribution in [0.4, 0.5) is 54.8 Å². The average molecular weight is 659 g/mol. The van der Waals surface area contributed by atoms with Crippen molar-refractivity contribution in [3.8, 4) is 0 Å². The Morgan fingerprint density at radius 2 is 1.08 bits per heavy atom. The highest BCUT2D eigenvalue weighted by atomic mass is 19.1. The van der Waals surface area contributed by atoms with Crippen molar-refractivity contribution in [2.24, 2.45) is 5.41 Å². The van der Waals surface area contributed by atoms with Crippen LogP contribution in [0.15, 0.2) is 110 Å². The van der Waals surface area contributed by atoms with Gasteiger partial charge in [-0.3, -0.25) is 0 Å². The predicted octanol–water partition coefficient (Wildman–Crippen LogP) is 7.77. The molecule has 15 rings (SSSR count). The SMILES string of the molecule is Fc1ccc(N2c3nccnc3N3c4ccc(F)cc4C4(CCc5cc6ccc5N5c7nccnc7N7c8ccc(cc8)CC4(C6)C75)C23)cc1. The molecule has 0 saturated carbocycles. The lowest BCUT2D eigenvalue weighted by Crippen LogP contribution is -2.70. The summed E-state index contributed by atoms with van der Waals surface area (Å²) < 4.78 is 30.5. The summed E-state index contributed by atoms with van der Waals surface area (Å²) in [4.78, 5) is 29.3. The number of hydrogen-bond donors (Lipinski definition) is 0. The van der Waals surface area contributed by atoms with Crippen LogP contribution in [0.5, 0.6) is 0 Å². The maximum Gasteiger partial charge on any atom is 0.178 e. The number of aryl methyl sites for hydroxylation is 1. The first-order chi connectivity index (χ1) is 24.6. The number of halogens is 2. The molecular formula is C40H28F2N8. The quantitative estimate of drug-likeness (QED) is 0.178. The Labute approximate surface area is 286 Å². The normalized spacial score (nSPS) is 25.5. The zero-order valence-electron chi connectivity index (χ0n) is 26.7. The molecule has 10 heterocycles. The Bertz CT molecular complexity index is 2420. The van der Waals surface area contributed by atoms with Crippen LogP contribution in [0.1, 0.15) is 28.7 Å². The van der Waals surface area contributed by atoms with Crippen molar-refractivity contribution in [1.82, 2.24) is 19.9 Å². The Kier molecular flexibility index (Phi) is 4.86. The van der Waals surface area contributed by atoms with E-state index in [1.165, 1.54) is 28.8 Å². The van der Waals surface area contributed by atoms with Crippen LogP contribution in [0.3, 0.4) is 0 Å². The second-order valence-corrected chi connectivity index (χ2v) is 14.4. The van der Waals surface area contributed by atoms with E-state index in [2.05, 4.69) is 62.1 Å². The van der Waals surface area contributed by atoms with Crippen LogP contribution < -0.4 is 19.6 Å². The van der Waals surface area contributed by atoms with Crippen molar-refractivity contribution < 1.29 is 8.78 Å². The lowest BCUT2D eigenvalue weighted by atomic mass is 9.49. The molecule has 6 bridgehead atoms. The molecule has 4 atom stereocenters. The highest BCUT2D eigenvalue weighted by Crippen LogP contribution is 2.71. The third kappa shape index (κ3) is 3.03. The highest BCUT2D eigenvalue weighted by molar-refractivity contribution is 5.91. The first-order valence-electron chi connectivity index (χ1n) is 17.1. The molecule has 8 aliphatic heterocycles. The monoisotopic (exact) mass is 658 g/mol. The van der Waals surface area contributed by atoms with Gasteiger partial charge in [0, 0.05) is 58.4 Å². The molecule has 4 aromatic carbocycles. The average Bonchev–Trinajstić information content (AvgIpc) is 3.73. The van der Waals surface area contributed by atoms with Crippen molar-refractivity contribution in [2.45, 2.75) is 43.4 Å². The second kappa shape index (κ2) is 9.01. The number of fused-ring (bicyclic) bond motifs is 10. The standard InChI is InChI=1S/C40H28F2N8/c41-26-4-9-29(10-5-26)48-34-36(46-18-16-44-34)50-32-12-6-27(42)20-30(32)40(38(48)50)14-13-25-19-24-3-11-31(25)49-35-33(43-15-17-45-35)47-28-7-1-23(2-8-28)21-39(40,22-24)37(47)49/h1-12,15-20,37-38H,13-14,21-22H2. The Hall–Kier alpha value is -5.90. The smallest absolute Gasteiger partial charge is 0.178 e. The molecule has 242 valence electrons. The van der Waals surface area contributed by atoms with Gasteiger partial charge in [0.25, 0.3) is 0 Å². The molecule has 0 saturated heterocycles. The number of hydrogen-bond acceptors (Lipinski definition) is 8. The summed E-state index contributed by atoms with van der Waals surface area (Å²) in [6.07, 6.45) is 9.27. The molecule has 0 fully saturated rings. The van der Waals surface area contributed by atoms with E-state index in [-0.39, 0.29) is 17.8 Å². The van der Waals surface area contributed by atoms with Gasteiger partial charge in [0.15, 0.2) is 23.3 Å². The minimum Gasteiger partial charge on any atom is -0.301 e. The van der Waals surface area contributed by atoms with Crippen molar-refractivity contribution >= 4 is 46.0 Å². The van der Waals surface area contributed by atoms with E-state index in [0.717, 1.165) is 59.2 Å². The molecule has 0 N–H and O–H groups in total. The Balaban J connectivity index is 1.25. The summed E-state index contributed by atoms with van der Waals surface area (Å²) in [7, 11) is 0. The fourth-order valence-corrected chi connectivity index (χ4v) is 10.6. The molecule has 2 spiro atoms. The van der Waals surface area contributed by atoms with Gasteiger partial charge in [-0.1, -0.05) is 24.3 Å². The third-order valence-corrected chi connectivity index (χ3v) is 12.3. The number of aromatic nitrogens is 4. The molecule has 0 amide bonds. The van der Waals surface area contributed by atoms with Gasteiger partial charge < -0.3 is 19.6 Å². The van der Waals surface area contributed by atoms with Crippen LogP contribution in [0, 0.1) is 17.0 Å². The zero-order valence-corrected chi connectivity index (χ0v) is 26.7. The summed E-state index contributed by atoms with van der Waals surface area (Å²) in [5.74, 6) is 2.46. The second-order valence-electron chi connectivity index (χ2n) is 14.4. The zero-order chi connectivity index (χ0) is 32.9. The van der Waals surface area contributed by atoms with Crippen LogP contribution in [-0.2, 0) is 24.7 Å². The van der Waals surface area contributed by atoms with Crippen LogP contribution in [0.25, 0.3) is 0 Å². The van der Waals surface area contributed by atoms with Crippen molar-refractivity contribution in [1.29, 1.82) is 0 Å². The molecule has 50 heavy (non-hydrogen) atoms. The minimum absolute atomic E-state index is 0.255. The fraction of sp³-hybridized carbons (Fsp3) is 0.200. The van der Waals surface area contributed by atoms with Crippen LogP contribution >= 0.6 is 0 Å². The number of benzene rings is 4. The molecule has 9 aliphatic rings. The molecule has 8 nitrogen and oxygen atoms in total. The van der Waals surface area contributed by atoms with Gasteiger partial charge in [-0.05, 0) is 109 Å². The van der Waals surface area contributed by atoms with E-state index in [1.54, 1.807) is 36.9 Å². The largest absolute Gasteiger partial charge is 0.301 e.